The zero-order chi connectivity index (χ0) is 13.7. The Bertz CT molecular complexity index is 542. The minimum absolute atomic E-state index is 0.318. The largest absolute Gasteiger partial charge is 0.508 e. The van der Waals surface area contributed by atoms with Crippen molar-refractivity contribution in [3.8, 4) is 5.75 Å². The number of benzene rings is 2. The highest BCUT2D eigenvalue weighted by atomic mass is 35.5. The van der Waals surface area contributed by atoms with Gasteiger partial charge < -0.3 is 10.4 Å². The van der Waals surface area contributed by atoms with E-state index in [1.807, 2.05) is 36.4 Å². The standard InChI is InChI=1S/C16H18ClNO/c1-12(9-13-5-4-7-15(17)10-13)18-11-14-6-2-3-8-16(14)19/h2-8,10,12,18-19H,9,11H2,1H3. The van der Waals surface area contributed by atoms with Gasteiger partial charge in [-0.15, -0.1) is 0 Å². The maximum Gasteiger partial charge on any atom is 0.120 e. The van der Waals surface area contributed by atoms with Crippen LogP contribution < -0.4 is 5.32 Å². The van der Waals surface area contributed by atoms with Crippen LogP contribution in [0.4, 0.5) is 0 Å². The van der Waals surface area contributed by atoms with Gasteiger partial charge in [-0.2, -0.15) is 0 Å². The monoisotopic (exact) mass is 275 g/mol. The normalized spacial score (nSPS) is 12.3. The Morgan fingerprint density at radius 2 is 1.95 bits per heavy atom. The molecule has 0 fully saturated rings. The topological polar surface area (TPSA) is 32.3 Å². The lowest BCUT2D eigenvalue weighted by molar-refractivity contribution is 0.458. The Morgan fingerprint density at radius 3 is 2.68 bits per heavy atom. The Labute approximate surface area is 119 Å². The molecule has 3 heteroatoms. The molecule has 0 aliphatic rings. The van der Waals surface area contributed by atoms with Crippen LogP contribution in [0.3, 0.4) is 0 Å². The number of hydrogen-bond acceptors (Lipinski definition) is 2. The Morgan fingerprint density at radius 1 is 1.16 bits per heavy atom. The van der Waals surface area contributed by atoms with Gasteiger partial charge in [-0.25, -0.2) is 0 Å². The van der Waals surface area contributed by atoms with Crippen molar-refractivity contribution in [2.45, 2.75) is 25.9 Å². The van der Waals surface area contributed by atoms with Crippen LogP contribution >= 0.6 is 11.6 Å². The minimum atomic E-state index is 0.318. The molecule has 0 radical (unpaired) electrons. The summed E-state index contributed by atoms with van der Waals surface area (Å²) < 4.78 is 0. The van der Waals surface area contributed by atoms with E-state index in [1.165, 1.54) is 5.56 Å². The Kier molecular flexibility index (Phi) is 4.83. The molecule has 0 amide bonds. The van der Waals surface area contributed by atoms with Crippen molar-refractivity contribution in [1.29, 1.82) is 0 Å². The Hall–Kier alpha value is -1.51. The predicted molar refractivity (Wildman–Crippen MR) is 79.6 cm³/mol. The molecule has 0 spiro atoms. The molecule has 2 aromatic carbocycles. The van der Waals surface area contributed by atoms with E-state index in [0.29, 0.717) is 18.3 Å². The van der Waals surface area contributed by atoms with E-state index in [2.05, 4.69) is 18.3 Å². The van der Waals surface area contributed by atoms with E-state index in [4.69, 9.17) is 11.6 Å². The molecule has 0 bridgehead atoms. The van der Waals surface area contributed by atoms with Crippen LogP contribution in [-0.4, -0.2) is 11.1 Å². The first-order valence-electron chi connectivity index (χ1n) is 6.40. The smallest absolute Gasteiger partial charge is 0.120 e. The molecule has 1 unspecified atom stereocenters. The minimum Gasteiger partial charge on any atom is -0.508 e. The quantitative estimate of drug-likeness (QED) is 0.871. The second kappa shape index (κ2) is 6.60. The van der Waals surface area contributed by atoms with E-state index in [1.54, 1.807) is 6.07 Å². The van der Waals surface area contributed by atoms with Crippen LogP contribution in [-0.2, 0) is 13.0 Å². The highest BCUT2D eigenvalue weighted by Gasteiger charge is 2.05. The van der Waals surface area contributed by atoms with Crippen molar-refractivity contribution in [1.82, 2.24) is 5.32 Å². The summed E-state index contributed by atoms with van der Waals surface area (Å²) in [5.74, 6) is 0.338. The molecular formula is C16H18ClNO. The highest BCUT2D eigenvalue weighted by molar-refractivity contribution is 6.30. The van der Waals surface area contributed by atoms with Gasteiger partial charge >= 0.3 is 0 Å². The first-order chi connectivity index (χ1) is 9.15. The number of aromatic hydroxyl groups is 1. The lowest BCUT2D eigenvalue weighted by Gasteiger charge is -2.14. The molecule has 19 heavy (non-hydrogen) atoms. The van der Waals surface area contributed by atoms with Gasteiger partial charge in [-0.3, -0.25) is 0 Å². The molecular weight excluding hydrogens is 258 g/mol. The zero-order valence-corrected chi connectivity index (χ0v) is 11.7. The molecule has 0 aromatic heterocycles. The second-order valence-electron chi connectivity index (χ2n) is 4.74. The van der Waals surface area contributed by atoms with E-state index in [9.17, 15) is 5.11 Å². The van der Waals surface area contributed by atoms with Crippen molar-refractivity contribution in [3.63, 3.8) is 0 Å². The maximum absolute atomic E-state index is 9.69. The predicted octanol–water partition coefficient (Wildman–Crippen LogP) is 3.77. The SMILES string of the molecule is CC(Cc1cccc(Cl)c1)NCc1ccccc1O. The summed E-state index contributed by atoms with van der Waals surface area (Å²) in [6.07, 6.45) is 0.911. The van der Waals surface area contributed by atoms with Crippen LogP contribution in [0.5, 0.6) is 5.75 Å². The third-order valence-electron chi connectivity index (χ3n) is 3.06. The highest BCUT2D eigenvalue weighted by Crippen LogP contribution is 2.16. The fourth-order valence-electron chi connectivity index (χ4n) is 2.03. The van der Waals surface area contributed by atoms with Gasteiger partial charge in [-0.05, 0) is 37.1 Å². The summed E-state index contributed by atoms with van der Waals surface area (Å²) in [7, 11) is 0. The van der Waals surface area contributed by atoms with Gasteiger partial charge in [0, 0.05) is 23.2 Å². The second-order valence-corrected chi connectivity index (χ2v) is 5.18. The third-order valence-corrected chi connectivity index (χ3v) is 3.30. The van der Waals surface area contributed by atoms with Crippen LogP contribution in [0.1, 0.15) is 18.1 Å². The van der Waals surface area contributed by atoms with E-state index in [-0.39, 0.29) is 0 Å². The summed E-state index contributed by atoms with van der Waals surface area (Å²) in [5.41, 5.74) is 2.13. The van der Waals surface area contributed by atoms with Crippen molar-refractivity contribution in [2.75, 3.05) is 0 Å². The van der Waals surface area contributed by atoms with E-state index in [0.717, 1.165) is 17.0 Å². The molecule has 2 rings (SSSR count). The summed E-state index contributed by atoms with van der Waals surface area (Å²) >= 11 is 5.97. The van der Waals surface area contributed by atoms with E-state index >= 15 is 0 Å². The summed E-state index contributed by atoms with van der Waals surface area (Å²) in [6, 6.07) is 15.6. The van der Waals surface area contributed by atoms with Gasteiger partial charge in [-0.1, -0.05) is 41.9 Å². The molecule has 0 aliphatic carbocycles. The van der Waals surface area contributed by atoms with Crippen LogP contribution in [0.15, 0.2) is 48.5 Å². The molecule has 0 saturated carbocycles. The summed E-state index contributed by atoms with van der Waals surface area (Å²) in [4.78, 5) is 0. The molecule has 1 atom stereocenters. The zero-order valence-electron chi connectivity index (χ0n) is 10.9. The van der Waals surface area contributed by atoms with Crippen LogP contribution in [0.25, 0.3) is 0 Å². The lowest BCUT2D eigenvalue weighted by atomic mass is 10.1. The number of rotatable bonds is 5. The number of para-hydroxylation sites is 1. The van der Waals surface area contributed by atoms with Gasteiger partial charge in [0.25, 0.3) is 0 Å². The molecule has 100 valence electrons. The molecule has 0 heterocycles. The van der Waals surface area contributed by atoms with Gasteiger partial charge in [0.2, 0.25) is 0 Å². The maximum atomic E-state index is 9.69. The number of hydrogen-bond donors (Lipinski definition) is 2. The van der Waals surface area contributed by atoms with Crippen molar-refractivity contribution in [2.24, 2.45) is 0 Å². The number of halogens is 1. The molecule has 2 N–H and O–H groups in total. The van der Waals surface area contributed by atoms with Crippen molar-refractivity contribution < 1.29 is 5.11 Å². The van der Waals surface area contributed by atoms with Crippen LogP contribution in [0.2, 0.25) is 5.02 Å². The van der Waals surface area contributed by atoms with Gasteiger partial charge in [0.05, 0.1) is 0 Å². The number of phenolic OH excluding ortho intramolecular Hbond substituents is 1. The first kappa shape index (κ1) is 13.9. The molecule has 2 nitrogen and oxygen atoms in total. The van der Waals surface area contributed by atoms with Gasteiger partial charge in [0.15, 0.2) is 0 Å². The molecule has 0 saturated heterocycles. The number of phenols is 1. The molecule has 0 aliphatic heterocycles. The third kappa shape index (κ3) is 4.27. The van der Waals surface area contributed by atoms with E-state index < -0.39 is 0 Å². The summed E-state index contributed by atoms with van der Waals surface area (Å²) in [5, 5.41) is 13.9. The average molecular weight is 276 g/mol. The lowest BCUT2D eigenvalue weighted by Crippen LogP contribution is -2.27. The summed E-state index contributed by atoms with van der Waals surface area (Å²) in [6.45, 7) is 2.79. The number of nitrogens with one attached hydrogen (secondary N) is 1. The molecule has 2 aromatic rings. The van der Waals surface area contributed by atoms with Gasteiger partial charge in [0.1, 0.15) is 5.75 Å². The Balaban J connectivity index is 1.88. The fraction of sp³-hybridized carbons (Fsp3) is 0.250. The van der Waals surface area contributed by atoms with Crippen molar-refractivity contribution >= 4 is 11.6 Å². The van der Waals surface area contributed by atoms with Crippen molar-refractivity contribution in [3.05, 3.63) is 64.7 Å². The van der Waals surface area contributed by atoms with Crippen LogP contribution in [0, 0.1) is 0 Å². The average Bonchev–Trinajstić information content (AvgIpc) is 2.38. The first-order valence-corrected chi connectivity index (χ1v) is 6.77. The fourth-order valence-corrected chi connectivity index (χ4v) is 2.25.